The number of rotatable bonds is 15. The first kappa shape index (κ1) is 33.7. The van der Waals surface area contributed by atoms with Gasteiger partial charge in [-0.1, -0.05) is 20.8 Å². The van der Waals surface area contributed by atoms with Gasteiger partial charge in [0.2, 0.25) is 0 Å². The molecule has 43 heavy (non-hydrogen) atoms. The molecule has 4 unspecified atom stereocenters. The second-order valence-corrected chi connectivity index (χ2v) is 15.4. The lowest BCUT2D eigenvalue weighted by Gasteiger charge is -2.64. The molecule has 0 bridgehead atoms. The molecule has 244 valence electrons. The molecule has 0 aliphatic heterocycles. The maximum Gasteiger partial charge on any atom is 0.305 e. The summed E-state index contributed by atoms with van der Waals surface area (Å²) in [6.45, 7) is 8.40. The minimum absolute atomic E-state index is 0.0587. The molecular formula is C31H48O11S. The van der Waals surface area contributed by atoms with Gasteiger partial charge in [-0.05, 0) is 99.2 Å². The molecule has 0 aromatic carbocycles. The summed E-state index contributed by atoms with van der Waals surface area (Å²) in [7, 11) is -4.02. The van der Waals surface area contributed by atoms with Gasteiger partial charge in [0.1, 0.15) is 18.3 Å². The van der Waals surface area contributed by atoms with Crippen molar-refractivity contribution in [1.82, 2.24) is 0 Å². The fourth-order valence-electron chi connectivity index (χ4n) is 9.94. The lowest BCUT2D eigenvalue weighted by atomic mass is 9.43. The molecule has 0 heterocycles. The Labute approximate surface area is 254 Å². The molecule has 11 nitrogen and oxygen atoms in total. The second kappa shape index (κ2) is 13.8. The van der Waals surface area contributed by atoms with Crippen LogP contribution in [0.15, 0.2) is 0 Å². The van der Waals surface area contributed by atoms with Crippen LogP contribution in [0.5, 0.6) is 0 Å². The van der Waals surface area contributed by atoms with Crippen LogP contribution in [0.2, 0.25) is 0 Å². The van der Waals surface area contributed by atoms with E-state index in [2.05, 4.69) is 20.8 Å². The molecule has 0 aromatic rings. The maximum atomic E-state index is 12.4. The molecule has 1 N–H and O–H groups in total. The van der Waals surface area contributed by atoms with E-state index in [1.54, 1.807) is 0 Å². The molecule has 4 aliphatic carbocycles. The number of fused-ring (bicyclic) bond motifs is 5. The molecule has 0 saturated heterocycles. The topological polar surface area (TPSA) is 160 Å². The van der Waals surface area contributed by atoms with Crippen molar-refractivity contribution in [3.05, 3.63) is 0 Å². The molecule has 12 heteroatoms. The second-order valence-electron chi connectivity index (χ2n) is 13.9. The van der Waals surface area contributed by atoms with E-state index in [-0.39, 0.29) is 95.8 Å². The number of carbonyl (C=O) groups excluding carboxylic acids is 4. The Morgan fingerprint density at radius 2 is 1.67 bits per heavy atom. The van der Waals surface area contributed by atoms with Crippen molar-refractivity contribution in [2.75, 3.05) is 12.4 Å². The summed E-state index contributed by atoms with van der Waals surface area (Å²) >= 11 is 0. The third kappa shape index (κ3) is 7.05. The largest absolute Gasteiger partial charge is 0.466 e. The van der Waals surface area contributed by atoms with E-state index < -0.39 is 10.1 Å². The van der Waals surface area contributed by atoms with Crippen LogP contribution in [0, 0.1) is 46.3 Å². The van der Waals surface area contributed by atoms with Crippen LogP contribution in [0.4, 0.5) is 0 Å². The highest BCUT2D eigenvalue weighted by Crippen LogP contribution is 2.69. The van der Waals surface area contributed by atoms with Gasteiger partial charge in [-0.15, -0.1) is 0 Å². The fourth-order valence-corrected chi connectivity index (χ4v) is 10.5. The summed E-state index contributed by atoms with van der Waals surface area (Å²) in [4.78, 5) is 47.1. The highest BCUT2D eigenvalue weighted by atomic mass is 32.2. The lowest BCUT2D eigenvalue weighted by molar-refractivity contribution is -0.218. The fraction of sp³-hybridized carbons (Fsp3) is 0.871. The predicted molar refractivity (Wildman–Crippen MR) is 154 cm³/mol. The molecule has 4 rings (SSSR count). The number of hydrogen-bond donors (Lipinski definition) is 1. The number of ether oxygens (including phenoxy) is 4. The van der Waals surface area contributed by atoms with Crippen molar-refractivity contribution >= 4 is 35.5 Å². The Bertz CT molecular complexity index is 1110. The van der Waals surface area contributed by atoms with Gasteiger partial charge in [-0.2, -0.15) is 8.42 Å². The SMILES string of the molecule is C[C@H](CCC(=O)OCCCCS(=O)(=O)O)[C@H]1CC[C@H]2[C@@H]3C(OC=O)CC4CC(OC=O)CC[C@]4(C)[C@H]3CC(OC=O)[C@]12C. The Balaban J connectivity index is 1.47. The van der Waals surface area contributed by atoms with Crippen LogP contribution in [-0.4, -0.2) is 69.0 Å². The van der Waals surface area contributed by atoms with Crippen LogP contribution < -0.4 is 0 Å². The van der Waals surface area contributed by atoms with Gasteiger partial charge in [0.15, 0.2) is 0 Å². The van der Waals surface area contributed by atoms with Gasteiger partial charge in [-0.25, -0.2) is 0 Å². The van der Waals surface area contributed by atoms with Crippen molar-refractivity contribution < 1.29 is 51.1 Å². The van der Waals surface area contributed by atoms with Crippen molar-refractivity contribution in [3.63, 3.8) is 0 Å². The molecule has 0 amide bonds. The maximum absolute atomic E-state index is 12.4. The van der Waals surface area contributed by atoms with Crippen LogP contribution in [0.1, 0.15) is 91.4 Å². The molecule has 4 fully saturated rings. The van der Waals surface area contributed by atoms with Gasteiger partial charge >= 0.3 is 5.97 Å². The lowest BCUT2D eigenvalue weighted by Crippen LogP contribution is -2.63. The standard InChI is InChI=1S/C31H48O11S/c1-20(6-9-28(35)39-12-4-5-13-43(36,37)38)23-7-8-24-29-25(16-27(42-19-34)31(23,24)3)30(2)11-10-22(40-17-32)14-21(30)15-26(29)41-18-33/h17-27,29H,4-16H2,1-3H3,(H,36,37,38)/t20-,21?,22?,23-,24+,25+,26?,27?,29+,30+,31-/m1/s1. The van der Waals surface area contributed by atoms with E-state index in [0.717, 1.165) is 38.5 Å². The number of esters is 1. The van der Waals surface area contributed by atoms with Gasteiger partial charge in [0, 0.05) is 17.8 Å². The molecule has 11 atom stereocenters. The third-order valence-corrected chi connectivity index (χ3v) is 12.8. The first-order valence-electron chi connectivity index (χ1n) is 15.8. The number of carbonyl (C=O) groups is 4. The van der Waals surface area contributed by atoms with E-state index >= 15 is 0 Å². The van der Waals surface area contributed by atoms with Crippen LogP contribution >= 0.6 is 0 Å². The van der Waals surface area contributed by atoms with E-state index in [1.165, 1.54) is 0 Å². The minimum Gasteiger partial charge on any atom is -0.466 e. The number of unbranched alkanes of at least 4 members (excludes halogenated alkanes) is 1. The van der Waals surface area contributed by atoms with E-state index in [4.69, 9.17) is 23.5 Å². The molecule has 4 saturated carbocycles. The molecular weight excluding hydrogens is 580 g/mol. The number of hydrogen-bond acceptors (Lipinski definition) is 10. The Morgan fingerprint density at radius 1 is 0.953 bits per heavy atom. The zero-order chi connectivity index (χ0) is 31.4. The normalized spacial score (nSPS) is 39.3. The van der Waals surface area contributed by atoms with Crippen LogP contribution in [-0.2, 0) is 48.2 Å². The van der Waals surface area contributed by atoms with Gasteiger partial charge < -0.3 is 18.9 Å². The van der Waals surface area contributed by atoms with Gasteiger partial charge in [0.25, 0.3) is 29.5 Å². The summed E-state index contributed by atoms with van der Waals surface area (Å²) < 4.78 is 52.9. The minimum atomic E-state index is -4.02. The molecule has 0 radical (unpaired) electrons. The Kier molecular flexibility index (Phi) is 10.8. The van der Waals surface area contributed by atoms with E-state index in [0.29, 0.717) is 38.7 Å². The summed E-state index contributed by atoms with van der Waals surface area (Å²) in [5.74, 6) is 0.316. The first-order chi connectivity index (χ1) is 20.4. The van der Waals surface area contributed by atoms with Gasteiger partial charge in [-0.3, -0.25) is 23.7 Å². The third-order valence-electron chi connectivity index (χ3n) is 12.0. The zero-order valence-electron chi connectivity index (χ0n) is 25.6. The Hall–Kier alpha value is -2.21. The summed E-state index contributed by atoms with van der Waals surface area (Å²) in [6.07, 6.45) is 6.32. The van der Waals surface area contributed by atoms with Crippen LogP contribution in [0.3, 0.4) is 0 Å². The average Bonchev–Trinajstić information content (AvgIpc) is 3.30. The average molecular weight is 629 g/mol. The highest BCUT2D eigenvalue weighted by Gasteiger charge is 2.67. The van der Waals surface area contributed by atoms with Crippen molar-refractivity contribution in [2.24, 2.45) is 46.3 Å². The van der Waals surface area contributed by atoms with Crippen molar-refractivity contribution in [1.29, 1.82) is 0 Å². The first-order valence-corrected chi connectivity index (χ1v) is 17.4. The summed E-state index contributed by atoms with van der Waals surface area (Å²) in [5, 5.41) is 0. The molecule has 0 spiro atoms. The predicted octanol–water partition coefficient (Wildman–Crippen LogP) is 4.12. The van der Waals surface area contributed by atoms with Gasteiger partial charge in [0.05, 0.1) is 12.4 Å². The van der Waals surface area contributed by atoms with Crippen LogP contribution in [0.25, 0.3) is 0 Å². The van der Waals surface area contributed by atoms with Crippen molar-refractivity contribution in [2.45, 2.75) is 110 Å². The van der Waals surface area contributed by atoms with Crippen molar-refractivity contribution in [3.8, 4) is 0 Å². The van der Waals surface area contributed by atoms with E-state index in [1.807, 2.05) is 0 Å². The molecule has 0 aromatic heterocycles. The Morgan fingerprint density at radius 3 is 2.35 bits per heavy atom. The molecule has 4 aliphatic rings. The smallest absolute Gasteiger partial charge is 0.305 e. The highest BCUT2D eigenvalue weighted by molar-refractivity contribution is 7.85. The summed E-state index contributed by atoms with van der Waals surface area (Å²) in [6, 6.07) is 0. The van der Waals surface area contributed by atoms with E-state index in [9.17, 15) is 27.6 Å². The summed E-state index contributed by atoms with van der Waals surface area (Å²) in [5.41, 5.74) is -0.413. The quantitative estimate of drug-likeness (QED) is 0.0914. The zero-order valence-corrected chi connectivity index (χ0v) is 26.4. The monoisotopic (exact) mass is 628 g/mol.